The molecule has 0 saturated heterocycles. The Kier molecular flexibility index (Phi) is 7.75. The number of nitrogens with zero attached hydrogens (tertiary/aromatic N) is 2. The highest BCUT2D eigenvalue weighted by molar-refractivity contribution is 7.71. The number of hydrogen-bond donors (Lipinski definition) is 2. The van der Waals surface area contributed by atoms with Gasteiger partial charge >= 0.3 is 0 Å². The van der Waals surface area contributed by atoms with Gasteiger partial charge in [-0.15, -0.1) is 0 Å². The van der Waals surface area contributed by atoms with Gasteiger partial charge in [-0.2, -0.15) is 5.10 Å². The van der Waals surface area contributed by atoms with E-state index in [-0.39, 0.29) is 18.6 Å². The first-order valence-electron chi connectivity index (χ1n) is 9.81. The number of rotatable bonds is 10. The Morgan fingerprint density at radius 3 is 2.63 bits per heavy atom. The van der Waals surface area contributed by atoms with Crippen LogP contribution in [0.3, 0.4) is 0 Å². The average Bonchev–Trinajstić information content (AvgIpc) is 3.14. The fraction of sp³-hybridized carbons (Fsp3) is 0.318. The van der Waals surface area contributed by atoms with Gasteiger partial charge in [-0.25, -0.2) is 0 Å². The quantitative estimate of drug-likeness (QED) is 0.380. The van der Waals surface area contributed by atoms with E-state index in [0.29, 0.717) is 23.7 Å². The first kappa shape index (κ1) is 21.7. The van der Waals surface area contributed by atoms with Crippen LogP contribution < -0.4 is 10.1 Å². The number of hydrogen-bond acceptors (Lipinski definition) is 5. The van der Waals surface area contributed by atoms with Gasteiger partial charge in [0.2, 0.25) is 5.91 Å². The summed E-state index contributed by atoms with van der Waals surface area (Å²) in [6.07, 6.45) is 0.753. The molecule has 30 heavy (non-hydrogen) atoms. The molecule has 1 aromatic heterocycles. The maximum absolute atomic E-state index is 12.4. The van der Waals surface area contributed by atoms with E-state index in [1.165, 1.54) is 0 Å². The van der Waals surface area contributed by atoms with Crippen LogP contribution in [-0.4, -0.2) is 40.9 Å². The van der Waals surface area contributed by atoms with Crippen LogP contribution >= 0.6 is 12.2 Å². The molecule has 0 bridgehead atoms. The SMILES string of the molecule is COc1ccc(-c2n[nH]c(=S)n2CC(=O)NCCCOC(C)c2ccccc2)cc1. The molecule has 0 aliphatic carbocycles. The maximum Gasteiger partial charge on any atom is 0.240 e. The van der Waals surface area contributed by atoms with E-state index in [1.54, 1.807) is 11.7 Å². The van der Waals surface area contributed by atoms with Crippen LogP contribution in [0.4, 0.5) is 0 Å². The lowest BCUT2D eigenvalue weighted by molar-refractivity contribution is -0.121. The molecule has 0 radical (unpaired) electrons. The summed E-state index contributed by atoms with van der Waals surface area (Å²) in [5.74, 6) is 1.23. The summed E-state index contributed by atoms with van der Waals surface area (Å²) in [5, 5.41) is 9.93. The number of aromatic amines is 1. The van der Waals surface area contributed by atoms with Crippen molar-refractivity contribution in [2.24, 2.45) is 0 Å². The van der Waals surface area contributed by atoms with Crippen LogP contribution in [0, 0.1) is 4.77 Å². The summed E-state index contributed by atoms with van der Waals surface area (Å²) in [4.78, 5) is 12.4. The fourth-order valence-corrected chi connectivity index (χ4v) is 3.20. The molecule has 1 unspecified atom stereocenters. The normalized spacial score (nSPS) is 11.8. The Labute approximate surface area is 181 Å². The van der Waals surface area contributed by atoms with E-state index < -0.39 is 0 Å². The fourth-order valence-electron chi connectivity index (χ4n) is 3.00. The van der Waals surface area contributed by atoms with Gasteiger partial charge in [0.1, 0.15) is 12.3 Å². The summed E-state index contributed by atoms with van der Waals surface area (Å²) in [6.45, 7) is 3.22. The van der Waals surface area contributed by atoms with Crippen LogP contribution in [-0.2, 0) is 16.1 Å². The van der Waals surface area contributed by atoms with Crippen molar-refractivity contribution in [3.63, 3.8) is 0 Å². The second kappa shape index (κ2) is 10.7. The zero-order chi connectivity index (χ0) is 21.3. The Hall–Kier alpha value is -2.97. The molecule has 2 N–H and O–H groups in total. The average molecular weight is 427 g/mol. The van der Waals surface area contributed by atoms with Gasteiger partial charge < -0.3 is 14.8 Å². The molecular weight excluding hydrogens is 400 g/mol. The minimum absolute atomic E-state index is 0.0261. The lowest BCUT2D eigenvalue weighted by Crippen LogP contribution is -2.29. The molecule has 1 atom stereocenters. The number of benzene rings is 2. The smallest absolute Gasteiger partial charge is 0.240 e. The van der Waals surface area contributed by atoms with E-state index in [0.717, 1.165) is 23.3 Å². The van der Waals surface area contributed by atoms with Crippen molar-refractivity contribution in [2.45, 2.75) is 26.0 Å². The number of nitrogens with one attached hydrogen (secondary N) is 2. The van der Waals surface area contributed by atoms with Gasteiger partial charge in [0.25, 0.3) is 0 Å². The van der Waals surface area contributed by atoms with Gasteiger partial charge in [-0.1, -0.05) is 30.3 Å². The summed E-state index contributed by atoms with van der Waals surface area (Å²) in [5.41, 5.74) is 1.99. The summed E-state index contributed by atoms with van der Waals surface area (Å²) in [7, 11) is 1.61. The number of ether oxygens (including phenoxy) is 2. The Balaban J connectivity index is 1.47. The summed E-state index contributed by atoms with van der Waals surface area (Å²) < 4.78 is 13.1. The second-order valence-corrected chi connectivity index (χ2v) is 7.18. The van der Waals surface area contributed by atoms with Gasteiger partial charge in [-0.05, 0) is 55.4 Å². The molecule has 3 rings (SSSR count). The van der Waals surface area contributed by atoms with E-state index in [2.05, 4.69) is 15.5 Å². The van der Waals surface area contributed by atoms with E-state index in [9.17, 15) is 4.79 Å². The van der Waals surface area contributed by atoms with Crippen molar-refractivity contribution in [2.75, 3.05) is 20.3 Å². The van der Waals surface area contributed by atoms with Crippen molar-refractivity contribution < 1.29 is 14.3 Å². The van der Waals surface area contributed by atoms with Gasteiger partial charge in [0.15, 0.2) is 10.6 Å². The van der Waals surface area contributed by atoms with Crippen molar-refractivity contribution in [1.29, 1.82) is 0 Å². The highest BCUT2D eigenvalue weighted by atomic mass is 32.1. The molecule has 0 saturated carbocycles. The highest BCUT2D eigenvalue weighted by Crippen LogP contribution is 2.21. The lowest BCUT2D eigenvalue weighted by atomic mass is 10.1. The Bertz CT molecular complexity index is 999. The third-order valence-corrected chi connectivity index (χ3v) is 5.00. The second-order valence-electron chi connectivity index (χ2n) is 6.79. The topological polar surface area (TPSA) is 81.2 Å². The standard InChI is InChI=1S/C22H26N4O3S/c1-16(17-7-4-3-5-8-17)29-14-6-13-23-20(27)15-26-21(24-25-22(26)30)18-9-11-19(28-2)12-10-18/h3-5,7-12,16H,6,13-15H2,1-2H3,(H,23,27)(H,25,30). The monoisotopic (exact) mass is 426 g/mol. The van der Waals surface area contributed by atoms with Crippen molar-refractivity contribution >= 4 is 18.1 Å². The molecule has 0 aliphatic rings. The maximum atomic E-state index is 12.4. The number of methoxy groups -OCH3 is 1. The molecule has 7 nitrogen and oxygen atoms in total. The molecule has 8 heteroatoms. The summed E-state index contributed by atoms with van der Waals surface area (Å²) >= 11 is 5.29. The van der Waals surface area contributed by atoms with E-state index in [1.807, 2.05) is 61.5 Å². The minimum Gasteiger partial charge on any atom is -0.497 e. The van der Waals surface area contributed by atoms with Crippen molar-refractivity contribution in [3.8, 4) is 17.1 Å². The molecule has 0 spiro atoms. The van der Waals surface area contributed by atoms with Crippen molar-refractivity contribution in [3.05, 3.63) is 64.9 Å². The molecule has 3 aromatic rings. The number of aromatic nitrogens is 3. The van der Waals surface area contributed by atoms with Gasteiger partial charge in [0.05, 0.1) is 13.2 Å². The molecule has 0 aliphatic heterocycles. The molecule has 2 aromatic carbocycles. The Morgan fingerprint density at radius 1 is 1.20 bits per heavy atom. The Morgan fingerprint density at radius 2 is 1.93 bits per heavy atom. The molecule has 1 amide bonds. The zero-order valence-electron chi connectivity index (χ0n) is 17.1. The number of carbonyl (C=O) groups is 1. The third kappa shape index (κ3) is 5.77. The predicted octanol–water partition coefficient (Wildman–Crippen LogP) is 3.90. The summed E-state index contributed by atoms with van der Waals surface area (Å²) in [6, 6.07) is 17.5. The van der Waals surface area contributed by atoms with E-state index >= 15 is 0 Å². The number of carbonyl (C=O) groups excluding carboxylic acids is 1. The minimum atomic E-state index is -0.127. The molecule has 1 heterocycles. The number of H-pyrrole nitrogens is 1. The number of amides is 1. The van der Waals surface area contributed by atoms with Gasteiger partial charge in [0, 0.05) is 18.7 Å². The highest BCUT2D eigenvalue weighted by Gasteiger charge is 2.12. The van der Waals surface area contributed by atoms with Crippen LogP contribution in [0.25, 0.3) is 11.4 Å². The predicted molar refractivity (Wildman–Crippen MR) is 118 cm³/mol. The zero-order valence-corrected chi connectivity index (χ0v) is 17.9. The first-order valence-corrected chi connectivity index (χ1v) is 10.2. The van der Waals surface area contributed by atoms with Crippen molar-refractivity contribution in [1.82, 2.24) is 20.1 Å². The van der Waals surface area contributed by atoms with E-state index in [4.69, 9.17) is 21.7 Å². The molecular formula is C22H26N4O3S. The van der Waals surface area contributed by atoms with Crippen LogP contribution in [0.1, 0.15) is 25.0 Å². The van der Waals surface area contributed by atoms with Crippen LogP contribution in [0.5, 0.6) is 5.75 Å². The first-order chi connectivity index (χ1) is 14.6. The molecule has 158 valence electrons. The van der Waals surface area contributed by atoms with Crippen LogP contribution in [0.15, 0.2) is 54.6 Å². The largest absolute Gasteiger partial charge is 0.497 e. The van der Waals surface area contributed by atoms with Crippen LogP contribution in [0.2, 0.25) is 0 Å². The molecule has 0 fully saturated rings. The van der Waals surface area contributed by atoms with Gasteiger partial charge in [-0.3, -0.25) is 14.5 Å². The lowest BCUT2D eigenvalue weighted by Gasteiger charge is -2.13. The third-order valence-electron chi connectivity index (χ3n) is 4.69.